The van der Waals surface area contributed by atoms with Crippen molar-refractivity contribution in [3.05, 3.63) is 35.0 Å². The molecule has 84 valence electrons. The lowest BCUT2D eigenvalue weighted by Gasteiger charge is -2.08. The Hall–Kier alpha value is -0.990. The normalized spacial score (nSPS) is 17.9. The smallest absolute Gasteiger partial charge is 0.0659 e. The maximum Gasteiger partial charge on any atom is 0.0659 e. The van der Waals surface area contributed by atoms with E-state index in [9.17, 15) is 0 Å². The Kier molecular flexibility index (Phi) is 2.23. The molecular weight excluding hydrogens is 220 g/mol. The van der Waals surface area contributed by atoms with E-state index in [0.717, 1.165) is 28.8 Å². The summed E-state index contributed by atoms with van der Waals surface area (Å²) >= 11 is 6.09. The number of aromatic amines is 1. The zero-order chi connectivity index (χ0) is 11.2. The highest BCUT2D eigenvalue weighted by Crippen LogP contribution is 2.37. The third kappa shape index (κ3) is 1.72. The molecule has 1 aromatic heterocycles. The number of aromatic nitrogens is 1. The maximum atomic E-state index is 6.11. The van der Waals surface area contributed by atoms with E-state index in [-0.39, 0.29) is 5.54 Å². The van der Waals surface area contributed by atoms with Crippen LogP contribution in [0.5, 0.6) is 0 Å². The van der Waals surface area contributed by atoms with Crippen molar-refractivity contribution in [1.82, 2.24) is 4.98 Å². The number of hydrogen-bond acceptors (Lipinski definition) is 1. The first-order valence-corrected chi connectivity index (χ1v) is 6.09. The van der Waals surface area contributed by atoms with E-state index >= 15 is 0 Å². The summed E-state index contributed by atoms with van der Waals surface area (Å²) in [5.74, 6) is 0. The van der Waals surface area contributed by atoms with Gasteiger partial charge in [-0.2, -0.15) is 0 Å². The summed E-state index contributed by atoms with van der Waals surface area (Å²) in [6.45, 7) is 0. The van der Waals surface area contributed by atoms with Crippen molar-refractivity contribution in [2.45, 2.75) is 31.2 Å². The molecule has 3 N–H and O–H groups in total. The molecule has 0 radical (unpaired) electrons. The summed E-state index contributed by atoms with van der Waals surface area (Å²) in [4.78, 5) is 3.24. The minimum absolute atomic E-state index is 0.124. The van der Waals surface area contributed by atoms with Gasteiger partial charge < -0.3 is 10.7 Å². The molecule has 0 amide bonds. The lowest BCUT2D eigenvalue weighted by Crippen LogP contribution is -2.22. The average Bonchev–Trinajstić information content (AvgIpc) is 2.90. The van der Waals surface area contributed by atoms with E-state index in [0.29, 0.717) is 0 Å². The molecule has 16 heavy (non-hydrogen) atoms. The molecule has 3 heteroatoms. The summed E-state index contributed by atoms with van der Waals surface area (Å²) in [6.07, 6.45) is 6.31. The Morgan fingerprint density at radius 1 is 1.38 bits per heavy atom. The highest BCUT2D eigenvalue weighted by Gasteiger charge is 2.37. The molecule has 1 heterocycles. The molecular formula is C13H15ClN2. The predicted octanol–water partition coefficient (Wildman–Crippen LogP) is 3.25. The lowest BCUT2D eigenvalue weighted by atomic mass is 10.0. The number of H-pyrrole nitrogens is 1. The van der Waals surface area contributed by atoms with Gasteiger partial charge in [-0.1, -0.05) is 29.8 Å². The van der Waals surface area contributed by atoms with E-state index in [1.54, 1.807) is 0 Å². The van der Waals surface area contributed by atoms with Crippen LogP contribution in [0.1, 0.15) is 24.8 Å². The standard InChI is InChI=1S/C13H15ClN2/c14-11-8-16-12-9(2-1-3-10(11)12)4-5-13(15)6-7-13/h1-3,8,16H,4-7,15H2. The Morgan fingerprint density at radius 3 is 2.94 bits per heavy atom. The van der Waals surface area contributed by atoms with E-state index in [1.807, 2.05) is 12.3 Å². The van der Waals surface area contributed by atoms with Crippen LogP contribution in [-0.4, -0.2) is 10.5 Å². The fourth-order valence-electron chi connectivity index (χ4n) is 2.19. The molecule has 1 fully saturated rings. The van der Waals surface area contributed by atoms with Crippen molar-refractivity contribution in [3.8, 4) is 0 Å². The first-order chi connectivity index (χ1) is 7.68. The fraction of sp³-hybridized carbons (Fsp3) is 0.385. The van der Waals surface area contributed by atoms with Crippen molar-refractivity contribution in [2.75, 3.05) is 0 Å². The highest BCUT2D eigenvalue weighted by molar-refractivity contribution is 6.35. The monoisotopic (exact) mass is 234 g/mol. The number of nitrogens with two attached hydrogens (primary N) is 1. The maximum absolute atomic E-state index is 6.11. The number of benzene rings is 1. The Balaban J connectivity index is 1.90. The first-order valence-electron chi connectivity index (χ1n) is 5.71. The van der Waals surface area contributed by atoms with Crippen molar-refractivity contribution < 1.29 is 0 Å². The van der Waals surface area contributed by atoms with Crippen LogP contribution in [0.3, 0.4) is 0 Å². The van der Waals surface area contributed by atoms with Crippen LogP contribution < -0.4 is 5.73 Å². The molecule has 1 saturated carbocycles. The van der Waals surface area contributed by atoms with Crippen molar-refractivity contribution >= 4 is 22.5 Å². The number of aryl methyl sites for hydroxylation is 1. The van der Waals surface area contributed by atoms with Gasteiger partial charge in [0.25, 0.3) is 0 Å². The number of halogens is 1. The van der Waals surface area contributed by atoms with Gasteiger partial charge >= 0.3 is 0 Å². The van der Waals surface area contributed by atoms with Gasteiger partial charge in [-0.15, -0.1) is 0 Å². The van der Waals surface area contributed by atoms with E-state index < -0.39 is 0 Å². The van der Waals surface area contributed by atoms with Crippen LogP contribution in [-0.2, 0) is 6.42 Å². The second kappa shape index (κ2) is 3.51. The molecule has 1 aromatic carbocycles. The molecule has 0 spiro atoms. The Bertz CT molecular complexity index is 526. The van der Waals surface area contributed by atoms with Crippen LogP contribution in [0.2, 0.25) is 5.02 Å². The lowest BCUT2D eigenvalue weighted by molar-refractivity contribution is 0.610. The Morgan fingerprint density at radius 2 is 2.19 bits per heavy atom. The quantitative estimate of drug-likeness (QED) is 0.841. The molecule has 2 nitrogen and oxygen atoms in total. The van der Waals surface area contributed by atoms with Crippen LogP contribution >= 0.6 is 11.6 Å². The number of hydrogen-bond donors (Lipinski definition) is 2. The molecule has 1 aliphatic carbocycles. The van der Waals surface area contributed by atoms with E-state index in [1.165, 1.54) is 18.4 Å². The van der Waals surface area contributed by atoms with E-state index in [4.69, 9.17) is 17.3 Å². The van der Waals surface area contributed by atoms with Gasteiger partial charge in [0.15, 0.2) is 0 Å². The summed E-state index contributed by atoms with van der Waals surface area (Å²) in [5.41, 5.74) is 8.72. The van der Waals surface area contributed by atoms with E-state index in [2.05, 4.69) is 17.1 Å². The summed E-state index contributed by atoms with van der Waals surface area (Å²) < 4.78 is 0. The third-order valence-corrected chi connectivity index (χ3v) is 3.85. The Labute approximate surface area is 99.8 Å². The second-order valence-electron chi connectivity index (χ2n) is 4.84. The average molecular weight is 235 g/mol. The topological polar surface area (TPSA) is 41.8 Å². The van der Waals surface area contributed by atoms with Gasteiger partial charge in [0, 0.05) is 17.1 Å². The SMILES string of the molecule is NC1(CCc2cccc3c(Cl)c[nH]c23)CC1. The number of fused-ring (bicyclic) bond motifs is 1. The second-order valence-corrected chi connectivity index (χ2v) is 5.25. The molecule has 1 aliphatic rings. The van der Waals surface area contributed by atoms with Crippen LogP contribution in [0, 0.1) is 0 Å². The van der Waals surface area contributed by atoms with Gasteiger partial charge in [-0.3, -0.25) is 0 Å². The van der Waals surface area contributed by atoms with Crippen LogP contribution in [0.4, 0.5) is 0 Å². The largest absolute Gasteiger partial charge is 0.360 e. The molecule has 0 bridgehead atoms. The molecule has 3 rings (SSSR count). The van der Waals surface area contributed by atoms with Crippen LogP contribution in [0.15, 0.2) is 24.4 Å². The van der Waals surface area contributed by atoms with Gasteiger partial charge in [0.1, 0.15) is 0 Å². The molecule has 0 atom stereocenters. The zero-order valence-corrected chi connectivity index (χ0v) is 9.85. The summed E-state index contributed by atoms with van der Waals surface area (Å²) in [7, 11) is 0. The summed E-state index contributed by atoms with van der Waals surface area (Å²) in [6, 6.07) is 6.27. The number of nitrogens with one attached hydrogen (secondary N) is 1. The van der Waals surface area contributed by atoms with Gasteiger partial charge in [-0.25, -0.2) is 0 Å². The minimum atomic E-state index is 0.124. The molecule has 2 aromatic rings. The van der Waals surface area contributed by atoms with Crippen molar-refractivity contribution in [2.24, 2.45) is 5.73 Å². The molecule has 0 unspecified atom stereocenters. The van der Waals surface area contributed by atoms with Crippen molar-refractivity contribution in [3.63, 3.8) is 0 Å². The predicted molar refractivity (Wildman–Crippen MR) is 67.8 cm³/mol. The fourth-order valence-corrected chi connectivity index (χ4v) is 2.40. The molecule has 0 saturated heterocycles. The van der Waals surface area contributed by atoms with Crippen LogP contribution in [0.25, 0.3) is 10.9 Å². The van der Waals surface area contributed by atoms with Crippen molar-refractivity contribution in [1.29, 1.82) is 0 Å². The number of rotatable bonds is 3. The highest BCUT2D eigenvalue weighted by atomic mass is 35.5. The number of para-hydroxylation sites is 1. The third-order valence-electron chi connectivity index (χ3n) is 3.54. The zero-order valence-electron chi connectivity index (χ0n) is 9.09. The first kappa shape index (κ1) is 10.2. The minimum Gasteiger partial charge on any atom is -0.360 e. The van der Waals surface area contributed by atoms with Gasteiger partial charge in [0.05, 0.1) is 10.5 Å². The molecule has 0 aliphatic heterocycles. The summed E-state index contributed by atoms with van der Waals surface area (Å²) in [5, 5.41) is 1.91. The van der Waals surface area contributed by atoms with Gasteiger partial charge in [-0.05, 0) is 31.2 Å². The van der Waals surface area contributed by atoms with Gasteiger partial charge in [0.2, 0.25) is 0 Å².